The lowest BCUT2D eigenvalue weighted by Gasteiger charge is -2.21. The van der Waals surface area contributed by atoms with Crippen molar-refractivity contribution in [3.8, 4) is 0 Å². The lowest BCUT2D eigenvalue weighted by atomic mass is 9.99. The summed E-state index contributed by atoms with van der Waals surface area (Å²) in [6, 6.07) is 0. The zero-order valence-corrected chi connectivity index (χ0v) is 66.2. The van der Waals surface area contributed by atoms with Crippen LogP contribution in [0.3, 0.4) is 0 Å². The third kappa shape index (κ3) is 69.8. The van der Waals surface area contributed by atoms with E-state index in [1.54, 1.807) is 0 Å². The molecular weight excluding hydrogens is 1280 g/mol. The topological polar surface area (TPSA) is 237 Å². The molecule has 0 fully saturated rings. The molecule has 0 heterocycles. The highest BCUT2D eigenvalue weighted by Gasteiger charge is 2.30. The second kappa shape index (κ2) is 68.2. The van der Waals surface area contributed by atoms with E-state index in [1.807, 2.05) is 0 Å². The maximum absolute atomic E-state index is 13.1. The molecule has 0 amide bonds. The molecule has 0 aliphatic rings. The molecule has 0 aromatic heterocycles. The first-order chi connectivity index (χ1) is 47.2. The van der Waals surface area contributed by atoms with Crippen LogP contribution in [0, 0.1) is 23.7 Å². The lowest BCUT2D eigenvalue weighted by Crippen LogP contribution is -2.30. The summed E-state index contributed by atoms with van der Waals surface area (Å²) in [6.45, 7) is 14.2. The van der Waals surface area contributed by atoms with Crippen molar-refractivity contribution in [2.45, 2.75) is 420 Å². The molecular formula is C79H154O17P2. The molecule has 0 saturated heterocycles. The smallest absolute Gasteiger partial charge is 0.462 e. The maximum Gasteiger partial charge on any atom is 0.472 e. The van der Waals surface area contributed by atoms with Gasteiger partial charge in [0.25, 0.3) is 0 Å². The average Bonchev–Trinajstić information content (AvgIpc) is 0.928. The Bertz CT molecular complexity index is 1920. The van der Waals surface area contributed by atoms with Gasteiger partial charge in [-0.1, -0.05) is 351 Å². The van der Waals surface area contributed by atoms with Gasteiger partial charge >= 0.3 is 39.5 Å². The van der Waals surface area contributed by atoms with E-state index in [0.717, 1.165) is 114 Å². The van der Waals surface area contributed by atoms with E-state index >= 15 is 0 Å². The van der Waals surface area contributed by atoms with Gasteiger partial charge in [0.05, 0.1) is 26.4 Å². The molecule has 0 radical (unpaired) electrons. The van der Waals surface area contributed by atoms with Gasteiger partial charge in [-0.25, -0.2) is 9.13 Å². The first-order valence-corrected chi connectivity index (χ1v) is 43.8. The number of unbranched alkanes of at least 4 members (excludes halogenated alkanes) is 40. The fraction of sp³-hybridized carbons (Fsp3) is 0.949. The maximum atomic E-state index is 13.1. The van der Waals surface area contributed by atoms with Crippen molar-refractivity contribution >= 4 is 39.5 Å². The molecule has 7 atom stereocenters. The number of phosphoric ester groups is 2. The molecule has 0 aromatic rings. The first kappa shape index (κ1) is 96.1. The number of carbonyl (C=O) groups excluding carboxylic acids is 4. The van der Waals surface area contributed by atoms with Gasteiger partial charge < -0.3 is 33.8 Å². The monoisotopic (exact) mass is 1440 g/mol. The Morgan fingerprint density at radius 2 is 0.490 bits per heavy atom. The van der Waals surface area contributed by atoms with E-state index in [1.165, 1.54) is 205 Å². The van der Waals surface area contributed by atoms with Crippen LogP contribution in [-0.2, 0) is 65.4 Å². The lowest BCUT2D eigenvalue weighted by molar-refractivity contribution is -0.161. The largest absolute Gasteiger partial charge is 0.472 e. The van der Waals surface area contributed by atoms with Gasteiger partial charge in [0.2, 0.25) is 0 Å². The standard InChI is InChI=1S/C79H154O17P2/c1-9-71(7)57-49-41-33-26-22-17-15-13-11-12-14-16-18-24-28-36-45-53-61-78(83)95-74(65-89-76(81)59-51-43-34-27-23-20-19-21-25-31-39-47-55-69(3)4)67-93-97(85,86)91-63-73(80)64-92-98(87,88)94-68-75(96-79(84)62-54-46-38-37-42-50-58-72(8)10-2)66-90-77(82)60-52-44-35-30-29-32-40-48-56-70(5)6/h69-75,80H,9-68H2,1-8H3,(H,85,86)(H,87,88)/t71?,72?,73?,74-,75-/m1/s1. The van der Waals surface area contributed by atoms with Crippen LogP contribution in [-0.4, -0.2) is 96.7 Å². The van der Waals surface area contributed by atoms with Crippen molar-refractivity contribution in [3.05, 3.63) is 0 Å². The van der Waals surface area contributed by atoms with Crippen molar-refractivity contribution in [2.24, 2.45) is 23.7 Å². The summed E-state index contributed by atoms with van der Waals surface area (Å²) in [5.74, 6) is 0.978. The summed E-state index contributed by atoms with van der Waals surface area (Å²) in [4.78, 5) is 72.9. The second-order valence-corrected chi connectivity index (χ2v) is 32.8. The molecule has 0 spiro atoms. The molecule has 582 valence electrons. The number of rotatable bonds is 76. The van der Waals surface area contributed by atoms with E-state index in [-0.39, 0.29) is 25.7 Å². The fourth-order valence-electron chi connectivity index (χ4n) is 12.0. The number of ether oxygens (including phenoxy) is 4. The van der Waals surface area contributed by atoms with E-state index in [0.29, 0.717) is 25.7 Å². The number of hydrogen-bond acceptors (Lipinski definition) is 15. The molecule has 0 bridgehead atoms. The minimum atomic E-state index is -4.96. The first-order valence-electron chi connectivity index (χ1n) is 40.8. The van der Waals surface area contributed by atoms with Gasteiger partial charge in [0.15, 0.2) is 12.2 Å². The average molecular weight is 1440 g/mol. The van der Waals surface area contributed by atoms with Crippen molar-refractivity contribution in [1.82, 2.24) is 0 Å². The van der Waals surface area contributed by atoms with E-state index in [4.69, 9.17) is 37.0 Å². The van der Waals surface area contributed by atoms with Crippen LogP contribution < -0.4 is 0 Å². The van der Waals surface area contributed by atoms with E-state index in [9.17, 15) is 43.2 Å². The summed E-state index contributed by atoms with van der Waals surface area (Å²) in [7, 11) is -9.92. The van der Waals surface area contributed by atoms with Crippen LogP contribution in [0.4, 0.5) is 0 Å². The van der Waals surface area contributed by atoms with Crippen LogP contribution in [0.1, 0.15) is 402 Å². The number of aliphatic hydroxyl groups excluding tert-OH is 1. The second-order valence-electron chi connectivity index (χ2n) is 29.9. The fourth-order valence-corrected chi connectivity index (χ4v) is 13.6. The Morgan fingerprint density at radius 3 is 0.724 bits per heavy atom. The van der Waals surface area contributed by atoms with Gasteiger partial charge in [-0.3, -0.25) is 37.3 Å². The molecule has 17 nitrogen and oxygen atoms in total. The number of phosphoric acid groups is 2. The molecule has 19 heteroatoms. The van der Waals surface area contributed by atoms with Crippen LogP contribution in [0.5, 0.6) is 0 Å². The summed E-state index contributed by atoms with van der Waals surface area (Å²) < 4.78 is 68.6. The van der Waals surface area contributed by atoms with Gasteiger partial charge in [0, 0.05) is 25.7 Å². The zero-order valence-electron chi connectivity index (χ0n) is 64.4. The Kier molecular flexibility index (Phi) is 66.8. The summed E-state index contributed by atoms with van der Waals surface area (Å²) >= 11 is 0. The highest BCUT2D eigenvalue weighted by Crippen LogP contribution is 2.45. The normalized spacial score (nSPS) is 14.6. The number of esters is 4. The number of carbonyl (C=O) groups is 4. The van der Waals surface area contributed by atoms with E-state index in [2.05, 4.69) is 55.4 Å². The predicted octanol–water partition coefficient (Wildman–Crippen LogP) is 23.2. The Morgan fingerprint density at radius 1 is 0.286 bits per heavy atom. The summed E-state index contributed by atoms with van der Waals surface area (Å²) in [5.41, 5.74) is 0. The minimum absolute atomic E-state index is 0.102. The van der Waals surface area contributed by atoms with Crippen LogP contribution in [0.25, 0.3) is 0 Å². The Balaban J connectivity index is 5.20. The predicted molar refractivity (Wildman–Crippen MR) is 400 cm³/mol. The molecule has 0 aliphatic heterocycles. The Hall–Kier alpha value is -1.94. The van der Waals surface area contributed by atoms with Crippen molar-refractivity contribution in [1.29, 1.82) is 0 Å². The number of aliphatic hydroxyl groups is 1. The van der Waals surface area contributed by atoms with Crippen molar-refractivity contribution in [2.75, 3.05) is 39.6 Å². The van der Waals surface area contributed by atoms with Gasteiger partial charge in [-0.2, -0.15) is 0 Å². The molecule has 0 saturated carbocycles. The molecule has 0 aromatic carbocycles. The summed E-state index contributed by atoms with van der Waals surface area (Å²) in [5, 5.41) is 10.6. The highest BCUT2D eigenvalue weighted by molar-refractivity contribution is 7.47. The van der Waals surface area contributed by atoms with Crippen molar-refractivity contribution < 1.29 is 80.2 Å². The molecule has 3 N–H and O–H groups in total. The van der Waals surface area contributed by atoms with Crippen LogP contribution in [0.15, 0.2) is 0 Å². The van der Waals surface area contributed by atoms with Crippen LogP contribution in [0.2, 0.25) is 0 Å². The third-order valence-corrected chi connectivity index (χ3v) is 20.9. The molecule has 98 heavy (non-hydrogen) atoms. The molecule has 5 unspecified atom stereocenters. The van der Waals surface area contributed by atoms with Gasteiger partial charge in [-0.15, -0.1) is 0 Å². The highest BCUT2D eigenvalue weighted by atomic mass is 31.2. The third-order valence-electron chi connectivity index (χ3n) is 19.0. The van der Waals surface area contributed by atoms with Gasteiger partial charge in [-0.05, 0) is 49.4 Å². The molecule has 0 rings (SSSR count). The number of hydrogen-bond donors (Lipinski definition) is 3. The van der Waals surface area contributed by atoms with E-state index < -0.39 is 97.5 Å². The Labute approximate surface area is 600 Å². The minimum Gasteiger partial charge on any atom is -0.462 e. The van der Waals surface area contributed by atoms with Crippen molar-refractivity contribution in [3.63, 3.8) is 0 Å². The summed E-state index contributed by atoms with van der Waals surface area (Å²) in [6.07, 6.45) is 54.3. The zero-order chi connectivity index (χ0) is 72.4. The van der Waals surface area contributed by atoms with Crippen LogP contribution >= 0.6 is 15.6 Å². The molecule has 0 aliphatic carbocycles. The SMILES string of the molecule is CCC(C)CCCCCCCCCCCCCCCCCCCCC(=O)O[C@H](COC(=O)CCCCCCCCCCCCCCC(C)C)COP(=O)(O)OCC(O)COP(=O)(O)OC[C@@H](COC(=O)CCCCCCCCCCC(C)C)OC(=O)CCCCCCCCC(C)CC. The quantitative estimate of drug-likeness (QED) is 0.0222. The van der Waals surface area contributed by atoms with Gasteiger partial charge in [0.1, 0.15) is 19.3 Å².